The molecule has 0 aromatic carbocycles. The number of hydrogen-bond acceptors (Lipinski definition) is 7. The first kappa shape index (κ1) is 20.1. The third-order valence-electron chi connectivity index (χ3n) is 5.79. The molecule has 1 atom stereocenters. The van der Waals surface area contributed by atoms with Gasteiger partial charge in [0.05, 0.1) is 30.2 Å². The molecule has 1 aliphatic rings. The van der Waals surface area contributed by atoms with Crippen LogP contribution in [0.3, 0.4) is 0 Å². The van der Waals surface area contributed by atoms with Crippen molar-refractivity contribution >= 4 is 17.1 Å². The zero-order chi connectivity index (χ0) is 22.2. The number of hydrogen-bond donors (Lipinski definition) is 0. The summed E-state index contributed by atoms with van der Waals surface area (Å²) in [5, 5.41) is 4.42. The zero-order valence-electron chi connectivity index (χ0n) is 18.3. The van der Waals surface area contributed by atoms with Crippen molar-refractivity contribution in [1.29, 1.82) is 0 Å². The van der Waals surface area contributed by atoms with E-state index in [1.165, 1.54) is 0 Å². The van der Waals surface area contributed by atoms with Crippen LogP contribution >= 0.6 is 0 Å². The second-order valence-corrected chi connectivity index (χ2v) is 7.86. The highest BCUT2D eigenvalue weighted by Gasteiger charge is 2.30. The first-order valence-electron chi connectivity index (χ1n) is 10.6. The maximum Gasteiger partial charge on any atom is 0.255 e. The number of carbonyl (C=O) groups is 1. The summed E-state index contributed by atoms with van der Waals surface area (Å²) in [5.41, 5.74) is 3.73. The van der Waals surface area contributed by atoms with E-state index in [1.807, 2.05) is 30.1 Å². The Balaban J connectivity index is 1.43. The molecule has 0 spiro atoms. The SMILES string of the molecule is CCn1ncc(-c2nc(OC3CCN(C(=O)c4cccnc4)C3)c3ncn(C)c3n2)c1C. The van der Waals surface area contributed by atoms with E-state index in [0.29, 0.717) is 47.9 Å². The van der Waals surface area contributed by atoms with Gasteiger partial charge in [-0.3, -0.25) is 14.5 Å². The van der Waals surface area contributed by atoms with E-state index in [0.717, 1.165) is 17.8 Å². The molecule has 10 nitrogen and oxygen atoms in total. The van der Waals surface area contributed by atoms with E-state index >= 15 is 0 Å². The van der Waals surface area contributed by atoms with E-state index in [9.17, 15) is 4.79 Å². The summed E-state index contributed by atoms with van der Waals surface area (Å²) < 4.78 is 10.0. The smallest absolute Gasteiger partial charge is 0.255 e. The van der Waals surface area contributed by atoms with E-state index in [2.05, 4.69) is 15.1 Å². The molecule has 0 saturated carbocycles. The maximum atomic E-state index is 12.7. The highest BCUT2D eigenvalue weighted by molar-refractivity contribution is 5.94. The normalized spacial score (nSPS) is 16.1. The van der Waals surface area contributed by atoms with Gasteiger partial charge in [0, 0.05) is 44.6 Å². The molecule has 1 saturated heterocycles. The number of amides is 1. The molecule has 4 aromatic heterocycles. The lowest BCUT2D eigenvalue weighted by Crippen LogP contribution is -2.31. The van der Waals surface area contributed by atoms with Gasteiger partial charge in [0.25, 0.3) is 5.91 Å². The molecule has 164 valence electrons. The molecule has 5 heterocycles. The van der Waals surface area contributed by atoms with Crippen LogP contribution in [-0.4, -0.2) is 64.3 Å². The number of aryl methyl sites for hydroxylation is 2. The Hall–Kier alpha value is -3.82. The van der Waals surface area contributed by atoms with Gasteiger partial charge in [-0.1, -0.05) is 0 Å². The zero-order valence-corrected chi connectivity index (χ0v) is 18.3. The van der Waals surface area contributed by atoms with Crippen LogP contribution < -0.4 is 4.74 Å². The topological polar surface area (TPSA) is 104 Å². The fraction of sp³-hybridized carbons (Fsp3) is 0.364. The standard InChI is InChI=1S/C22H24N8O2/c1-4-30-14(2)17(11-25-30)19-26-20-18(24-13-28(20)3)21(27-19)32-16-7-9-29(12-16)22(31)15-6-5-8-23-10-15/h5-6,8,10-11,13,16H,4,7,9,12H2,1-3H3. The molecule has 1 unspecified atom stereocenters. The van der Waals surface area contributed by atoms with E-state index in [1.54, 1.807) is 42.0 Å². The molecule has 10 heteroatoms. The summed E-state index contributed by atoms with van der Waals surface area (Å²) >= 11 is 0. The average Bonchev–Trinajstić information content (AvgIpc) is 3.53. The lowest BCUT2D eigenvalue weighted by molar-refractivity contribution is 0.0771. The van der Waals surface area contributed by atoms with Crippen LogP contribution in [0.5, 0.6) is 5.88 Å². The monoisotopic (exact) mass is 432 g/mol. The van der Waals surface area contributed by atoms with Gasteiger partial charge in [0.2, 0.25) is 5.88 Å². The van der Waals surface area contributed by atoms with Gasteiger partial charge in [0.15, 0.2) is 17.0 Å². The van der Waals surface area contributed by atoms with E-state index < -0.39 is 0 Å². The predicted octanol–water partition coefficient (Wildman–Crippen LogP) is 2.24. The molecule has 0 N–H and O–H groups in total. The molecule has 1 amide bonds. The number of likely N-dealkylation sites (tertiary alicyclic amines) is 1. The molecule has 1 fully saturated rings. The summed E-state index contributed by atoms with van der Waals surface area (Å²) in [6.07, 6.45) is 7.26. The van der Waals surface area contributed by atoms with Crippen molar-refractivity contribution in [1.82, 2.24) is 39.2 Å². The number of fused-ring (bicyclic) bond motifs is 1. The molecule has 0 bridgehead atoms. The Morgan fingerprint density at radius 2 is 2.16 bits per heavy atom. The van der Waals surface area contributed by atoms with Crippen LogP contribution in [-0.2, 0) is 13.6 Å². The van der Waals surface area contributed by atoms with Gasteiger partial charge < -0.3 is 14.2 Å². The summed E-state index contributed by atoms with van der Waals surface area (Å²) in [7, 11) is 1.89. The molecule has 1 aliphatic heterocycles. The quantitative estimate of drug-likeness (QED) is 0.476. The highest BCUT2D eigenvalue weighted by atomic mass is 16.5. The molecule has 5 rings (SSSR count). The van der Waals surface area contributed by atoms with Gasteiger partial charge in [-0.05, 0) is 26.0 Å². The van der Waals surface area contributed by atoms with Crippen molar-refractivity contribution in [2.75, 3.05) is 13.1 Å². The minimum absolute atomic E-state index is 0.0434. The Morgan fingerprint density at radius 1 is 1.28 bits per heavy atom. The van der Waals surface area contributed by atoms with Gasteiger partial charge in [-0.15, -0.1) is 0 Å². The van der Waals surface area contributed by atoms with E-state index in [-0.39, 0.29) is 12.0 Å². The molecular weight excluding hydrogens is 408 g/mol. The maximum absolute atomic E-state index is 12.7. The van der Waals surface area contributed by atoms with Crippen LogP contribution in [0.15, 0.2) is 37.1 Å². The molecule has 32 heavy (non-hydrogen) atoms. The van der Waals surface area contributed by atoms with Crippen LogP contribution in [0.25, 0.3) is 22.6 Å². The van der Waals surface area contributed by atoms with Gasteiger partial charge in [-0.25, -0.2) is 9.97 Å². The van der Waals surface area contributed by atoms with Gasteiger partial charge >= 0.3 is 0 Å². The first-order valence-corrected chi connectivity index (χ1v) is 10.6. The summed E-state index contributed by atoms with van der Waals surface area (Å²) in [5.74, 6) is 0.933. The third-order valence-corrected chi connectivity index (χ3v) is 5.79. The van der Waals surface area contributed by atoms with Crippen LogP contribution in [0.1, 0.15) is 29.4 Å². The molecule has 0 aliphatic carbocycles. The molecular formula is C22H24N8O2. The van der Waals surface area contributed by atoms with Crippen LogP contribution in [0.2, 0.25) is 0 Å². The van der Waals surface area contributed by atoms with Gasteiger partial charge in [-0.2, -0.15) is 10.1 Å². The molecule has 0 radical (unpaired) electrons. The van der Waals surface area contributed by atoms with Crippen molar-refractivity contribution in [2.45, 2.75) is 32.9 Å². The highest BCUT2D eigenvalue weighted by Crippen LogP contribution is 2.29. The summed E-state index contributed by atoms with van der Waals surface area (Å²) in [6, 6.07) is 3.54. The largest absolute Gasteiger partial charge is 0.471 e. The minimum Gasteiger partial charge on any atom is -0.471 e. The first-order chi connectivity index (χ1) is 15.5. The van der Waals surface area contributed by atoms with Crippen molar-refractivity contribution in [3.63, 3.8) is 0 Å². The molecule has 4 aromatic rings. The number of aromatic nitrogens is 7. The minimum atomic E-state index is -0.178. The lowest BCUT2D eigenvalue weighted by Gasteiger charge is -2.17. The number of imidazole rings is 1. The summed E-state index contributed by atoms with van der Waals surface area (Å²) in [4.78, 5) is 32.4. The fourth-order valence-electron chi connectivity index (χ4n) is 4.01. The van der Waals surface area contributed by atoms with Crippen molar-refractivity contribution in [3.8, 4) is 17.3 Å². The number of rotatable bonds is 5. The number of carbonyl (C=O) groups excluding carboxylic acids is 1. The lowest BCUT2D eigenvalue weighted by atomic mass is 10.2. The Labute approximate surface area is 184 Å². The van der Waals surface area contributed by atoms with Crippen LogP contribution in [0.4, 0.5) is 0 Å². The fourth-order valence-corrected chi connectivity index (χ4v) is 4.01. The van der Waals surface area contributed by atoms with Crippen molar-refractivity contribution in [2.24, 2.45) is 7.05 Å². The summed E-state index contributed by atoms with van der Waals surface area (Å²) in [6.45, 7) is 5.91. The Morgan fingerprint density at radius 3 is 2.91 bits per heavy atom. The number of pyridine rings is 1. The second kappa shape index (κ2) is 8.03. The van der Waals surface area contributed by atoms with Crippen molar-refractivity contribution < 1.29 is 9.53 Å². The number of nitrogens with zero attached hydrogens (tertiary/aromatic N) is 8. The van der Waals surface area contributed by atoms with E-state index in [4.69, 9.17) is 14.7 Å². The number of ether oxygens (including phenoxy) is 1. The van der Waals surface area contributed by atoms with Crippen molar-refractivity contribution in [3.05, 3.63) is 48.3 Å². The average molecular weight is 432 g/mol. The predicted molar refractivity (Wildman–Crippen MR) is 117 cm³/mol. The van der Waals surface area contributed by atoms with Gasteiger partial charge in [0.1, 0.15) is 6.10 Å². The Bertz CT molecular complexity index is 1280. The second-order valence-electron chi connectivity index (χ2n) is 7.86. The van der Waals surface area contributed by atoms with Crippen LogP contribution in [0, 0.1) is 6.92 Å². The Kier molecular flexibility index (Phi) is 5.04. The third kappa shape index (κ3) is 3.47.